The fourth-order valence-electron chi connectivity index (χ4n) is 3.85. The zero-order valence-corrected chi connectivity index (χ0v) is 19.3. The maximum atomic E-state index is 13.0. The van der Waals surface area contributed by atoms with Crippen molar-refractivity contribution in [1.82, 2.24) is 4.72 Å². The second-order valence-corrected chi connectivity index (χ2v) is 10.2. The Hall–Kier alpha value is -2.60. The highest BCUT2D eigenvalue weighted by atomic mass is 32.2. The van der Waals surface area contributed by atoms with Gasteiger partial charge in [-0.3, -0.25) is 4.79 Å². The van der Waals surface area contributed by atoms with Gasteiger partial charge in [-0.1, -0.05) is 31.4 Å². The monoisotopic (exact) mass is 522 g/mol. The molecule has 1 aliphatic rings. The van der Waals surface area contributed by atoms with Crippen molar-refractivity contribution in [3.05, 3.63) is 59.2 Å². The zero-order chi connectivity index (χ0) is 25.9. The number of halogens is 6. The lowest BCUT2D eigenvalue weighted by Gasteiger charge is -2.22. The Morgan fingerprint density at radius 3 is 1.91 bits per heavy atom. The third kappa shape index (κ3) is 7.69. The minimum atomic E-state index is -5.02. The highest BCUT2D eigenvalue weighted by Crippen LogP contribution is 2.37. The van der Waals surface area contributed by atoms with Gasteiger partial charge < -0.3 is 5.32 Å². The number of nitrogens with one attached hydrogen (secondary N) is 2. The first-order chi connectivity index (χ1) is 16.2. The van der Waals surface area contributed by atoms with Crippen molar-refractivity contribution in [2.45, 2.75) is 68.2 Å². The molecule has 1 saturated carbocycles. The van der Waals surface area contributed by atoms with Crippen molar-refractivity contribution in [1.29, 1.82) is 0 Å². The molecule has 2 aromatic rings. The highest BCUT2D eigenvalue weighted by molar-refractivity contribution is 7.89. The van der Waals surface area contributed by atoms with E-state index >= 15 is 0 Å². The van der Waals surface area contributed by atoms with Crippen LogP contribution in [0, 0.1) is 0 Å². The minimum Gasteiger partial charge on any atom is -0.326 e. The van der Waals surface area contributed by atoms with E-state index in [0.717, 1.165) is 32.1 Å². The first kappa shape index (κ1) is 27.0. The van der Waals surface area contributed by atoms with E-state index in [2.05, 4.69) is 10.0 Å². The number of hydrogen-bond acceptors (Lipinski definition) is 3. The van der Waals surface area contributed by atoms with Crippen LogP contribution in [0.2, 0.25) is 0 Å². The molecule has 1 fully saturated rings. The quantitative estimate of drug-likeness (QED) is 0.444. The van der Waals surface area contributed by atoms with Crippen LogP contribution in [0.25, 0.3) is 0 Å². The average Bonchev–Trinajstić information content (AvgIpc) is 2.77. The Morgan fingerprint density at radius 1 is 0.857 bits per heavy atom. The SMILES string of the molecule is O=C(CCc1ccc(S(=O)(=O)NC2CCCCC2)cc1)Nc1cc(C(F)(F)F)cc(C(F)(F)F)c1. The normalized spacial score (nSPS) is 15.7. The molecule has 35 heavy (non-hydrogen) atoms. The summed E-state index contributed by atoms with van der Waals surface area (Å²) in [6.45, 7) is 0. The van der Waals surface area contributed by atoms with E-state index in [1.165, 1.54) is 24.3 Å². The molecule has 12 heteroatoms. The van der Waals surface area contributed by atoms with E-state index < -0.39 is 45.1 Å². The molecule has 0 heterocycles. The number of rotatable bonds is 7. The Labute approximate surface area is 199 Å². The van der Waals surface area contributed by atoms with Crippen molar-refractivity contribution in [3.63, 3.8) is 0 Å². The molecule has 1 amide bonds. The van der Waals surface area contributed by atoms with Gasteiger partial charge in [0, 0.05) is 18.2 Å². The standard InChI is InChI=1S/C23H24F6N2O3S/c24-22(25,26)16-12-17(23(27,28)29)14-19(13-16)30-21(32)11-8-15-6-9-20(10-7-15)35(33,34)31-18-4-2-1-3-5-18/h6-7,9-10,12-14,18,31H,1-5,8,11H2,(H,30,32). The lowest BCUT2D eigenvalue weighted by Crippen LogP contribution is -2.36. The molecule has 0 spiro atoms. The molecular formula is C23H24F6N2O3S. The summed E-state index contributed by atoms with van der Waals surface area (Å²) < 4.78 is 106. The number of carbonyl (C=O) groups is 1. The third-order valence-corrected chi connectivity index (χ3v) is 7.21. The first-order valence-corrected chi connectivity index (χ1v) is 12.4. The minimum absolute atomic E-state index is 0.0195. The average molecular weight is 523 g/mol. The van der Waals surface area contributed by atoms with Gasteiger partial charge in [0.1, 0.15) is 0 Å². The zero-order valence-electron chi connectivity index (χ0n) is 18.5. The van der Waals surface area contributed by atoms with Gasteiger partial charge in [0.25, 0.3) is 0 Å². The van der Waals surface area contributed by atoms with Crippen LogP contribution in [-0.4, -0.2) is 20.4 Å². The number of anilines is 1. The van der Waals surface area contributed by atoms with Gasteiger partial charge in [-0.2, -0.15) is 26.3 Å². The van der Waals surface area contributed by atoms with E-state index in [0.29, 0.717) is 17.7 Å². The van der Waals surface area contributed by atoms with Gasteiger partial charge >= 0.3 is 12.4 Å². The predicted octanol–water partition coefficient (Wildman–Crippen LogP) is 5.91. The smallest absolute Gasteiger partial charge is 0.326 e. The number of amides is 1. The summed E-state index contributed by atoms with van der Waals surface area (Å²) in [7, 11) is -3.69. The van der Waals surface area contributed by atoms with E-state index in [-0.39, 0.29) is 29.8 Å². The molecule has 0 aliphatic heterocycles. The largest absolute Gasteiger partial charge is 0.416 e. The van der Waals surface area contributed by atoms with Crippen LogP contribution >= 0.6 is 0 Å². The van der Waals surface area contributed by atoms with Crippen LogP contribution in [0.4, 0.5) is 32.0 Å². The Kier molecular flexibility index (Phi) is 8.15. The fourth-order valence-corrected chi connectivity index (χ4v) is 5.16. The van der Waals surface area contributed by atoms with Gasteiger partial charge in [0.15, 0.2) is 0 Å². The topological polar surface area (TPSA) is 75.3 Å². The summed E-state index contributed by atoms with van der Waals surface area (Å²) in [5, 5.41) is 2.07. The van der Waals surface area contributed by atoms with E-state index in [4.69, 9.17) is 0 Å². The van der Waals surface area contributed by atoms with E-state index in [1.807, 2.05) is 0 Å². The van der Waals surface area contributed by atoms with Crippen LogP contribution in [0.1, 0.15) is 55.2 Å². The molecule has 5 nitrogen and oxygen atoms in total. The van der Waals surface area contributed by atoms with Crippen LogP contribution < -0.4 is 10.0 Å². The van der Waals surface area contributed by atoms with Crippen molar-refractivity contribution < 1.29 is 39.6 Å². The number of sulfonamides is 1. The van der Waals surface area contributed by atoms with Crippen molar-refractivity contribution in [3.8, 4) is 0 Å². The summed E-state index contributed by atoms with van der Waals surface area (Å²) in [5.41, 5.74) is -3.09. The summed E-state index contributed by atoms with van der Waals surface area (Å²) in [5.74, 6) is -0.784. The number of benzene rings is 2. The van der Waals surface area contributed by atoms with Gasteiger partial charge in [0.05, 0.1) is 16.0 Å². The Balaban J connectivity index is 1.62. The van der Waals surface area contributed by atoms with E-state index in [9.17, 15) is 39.6 Å². The maximum Gasteiger partial charge on any atom is 0.416 e. The van der Waals surface area contributed by atoms with E-state index in [1.54, 1.807) is 0 Å². The third-order valence-electron chi connectivity index (χ3n) is 5.67. The second kappa shape index (κ2) is 10.6. The molecule has 0 saturated heterocycles. The van der Waals surface area contributed by atoms with Gasteiger partial charge in [0.2, 0.25) is 15.9 Å². The van der Waals surface area contributed by atoms with Crippen molar-refractivity contribution in [2.75, 3.05) is 5.32 Å². The molecule has 0 radical (unpaired) electrons. The predicted molar refractivity (Wildman–Crippen MR) is 117 cm³/mol. The lowest BCUT2D eigenvalue weighted by atomic mass is 9.96. The Bertz CT molecular complexity index is 1110. The molecule has 3 rings (SSSR count). The highest BCUT2D eigenvalue weighted by Gasteiger charge is 2.37. The van der Waals surface area contributed by atoms with Crippen LogP contribution in [0.5, 0.6) is 0 Å². The van der Waals surface area contributed by atoms with Crippen LogP contribution in [-0.2, 0) is 33.6 Å². The molecule has 1 aliphatic carbocycles. The number of hydrogen-bond donors (Lipinski definition) is 2. The summed E-state index contributed by atoms with van der Waals surface area (Å²) in [6.07, 6.45) is -5.59. The number of alkyl halides is 6. The lowest BCUT2D eigenvalue weighted by molar-refractivity contribution is -0.143. The molecule has 0 unspecified atom stereocenters. The molecule has 0 atom stereocenters. The first-order valence-electron chi connectivity index (χ1n) is 10.9. The van der Waals surface area contributed by atoms with Gasteiger partial charge in [-0.15, -0.1) is 0 Å². The van der Waals surface area contributed by atoms with Crippen molar-refractivity contribution in [2.24, 2.45) is 0 Å². The molecular weight excluding hydrogens is 498 g/mol. The molecule has 0 bridgehead atoms. The van der Waals surface area contributed by atoms with Crippen molar-refractivity contribution >= 4 is 21.6 Å². The van der Waals surface area contributed by atoms with Gasteiger partial charge in [-0.25, -0.2) is 13.1 Å². The molecule has 192 valence electrons. The summed E-state index contributed by atoms with van der Waals surface area (Å²) >= 11 is 0. The van der Waals surface area contributed by atoms with Crippen LogP contribution in [0.15, 0.2) is 47.4 Å². The fraction of sp³-hybridized carbons (Fsp3) is 0.435. The number of carbonyl (C=O) groups excluding carboxylic acids is 1. The summed E-state index contributed by atoms with van der Waals surface area (Å²) in [6, 6.07) is 6.54. The molecule has 0 aromatic heterocycles. The summed E-state index contributed by atoms with van der Waals surface area (Å²) in [4.78, 5) is 12.2. The molecule has 2 N–H and O–H groups in total. The second-order valence-electron chi connectivity index (χ2n) is 8.44. The molecule has 2 aromatic carbocycles. The Morgan fingerprint density at radius 2 is 1.40 bits per heavy atom. The maximum absolute atomic E-state index is 13.0. The van der Waals surface area contributed by atoms with Gasteiger partial charge in [-0.05, 0) is 55.2 Å². The number of aryl methyl sites for hydroxylation is 1. The van der Waals surface area contributed by atoms with Crippen LogP contribution in [0.3, 0.4) is 0 Å².